The fraction of sp³-hybridized carbons (Fsp3) is 0.684. The van der Waals surface area contributed by atoms with E-state index in [4.69, 9.17) is 14.6 Å². The number of aliphatic hydroxyl groups is 1. The van der Waals surface area contributed by atoms with Crippen LogP contribution in [-0.4, -0.2) is 18.0 Å². The van der Waals surface area contributed by atoms with E-state index in [-0.39, 0.29) is 18.3 Å². The minimum absolute atomic E-state index is 0.167. The number of unbranched alkanes of at least 4 members (excludes halogenated alkanes) is 1. The van der Waals surface area contributed by atoms with E-state index in [1.54, 1.807) is 0 Å². The van der Waals surface area contributed by atoms with Crippen molar-refractivity contribution in [2.24, 2.45) is 11.3 Å². The molecule has 1 aromatic rings. The summed E-state index contributed by atoms with van der Waals surface area (Å²) in [6, 6.07) is 8.12. The van der Waals surface area contributed by atoms with Crippen LogP contribution in [0.25, 0.3) is 0 Å². The molecule has 1 aliphatic rings. The monoisotopic (exact) mass is 306 g/mol. The molecular weight excluding hydrogens is 276 g/mol. The molecule has 1 aliphatic heterocycles. The van der Waals surface area contributed by atoms with Gasteiger partial charge in [0.15, 0.2) is 0 Å². The molecule has 0 radical (unpaired) electrons. The fourth-order valence-corrected chi connectivity index (χ4v) is 3.01. The molecule has 2 atom stereocenters. The quantitative estimate of drug-likeness (QED) is 0.717. The maximum atomic E-state index is 9.04. The molecule has 3 nitrogen and oxygen atoms in total. The van der Waals surface area contributed by atoms with E-state index in [2.05, 4.69) is 26.8 Å². The van der Waals surface area contributed by atoms with E-state index in [1.165, 1.54) is 0 Å². The standard InChI is InChI=1S/C19H30O3/c1-4-19(2,3)13-15(9-7-8-12-20)18-21-14-16-10-5-6-11-17(16)22-18/h5-6,10-11,15,18,20H,4,7-9,12-14H2,1-3H3/t15-,18-/m1/s1. The van der Waals surface area contributed by atoms with Gasteiger partial charge in [0.1, 0.15) is 5.75 Å². The molecule has 0 amide bonds. The van der Waals surface area contributed by atoms with Gasteiger partial charge in [0, 0.05) is 18.1 Å². The van der Waals surface area contributed by atoms with Crippen molar-refractivity contribution >= 4 is 0 Å². The zero-order valence-electron chi connectivity index (χ0n) is 14.2. The number of aliphatic hydroxyl groups excluding tert-OH is 1. The van der Waals surface area contributed by atoms with Crippen LogP contribution in [0.5, 0.6) is 5.75 Å². The summed E-state index contributed by atoms with van der Waals surface area (Å²) in [6.45, 7) is 7.75. The first-order valence-corrected chi connectivity index (χ1v) is 8.53. The van der Waals surface area contributed by atoms with Gasteiger partial charge in [-0.15, -0.1) is 0 Å². The second-order valence-electron chi connectivity index (χ2n) is 7.11. The topological polar surface area (TPSA) is 38.7 Å². The highest BCUT2D eigenvalue weighted by molar-refractivity contribution is 5.33. The van der Waals surface area contributed by atoms with E-state index < -0.39 is 0 Å². The molecular formula is C19H30O3. The van der Waals surface area contributed by atoms with Gasteiger partial charge >= 0.3 is 0 Å². The molecule has 0 saturated heterocycles. The van der Waals surface area contributed by atoms with Crippen LogP contribution in [-0.2, 0) is 11.3 Å². The number of para-hydroxylation sites is 1. The number of hydrogen-bond donors (Lipinski definition) is 1. The lowest BCUT2D eigenvalue weighted by Crippen LogP contribution is -2.35. The largest absolute Gasteiger partial charge is 0.464 e. The van der Waals surface area contributed by atoms with Crippen molar-refractivity contribution in [3.05, 3.63) is 29.8 Å². The molecule has 0 saturated carbocycles. The highest BCUT2D eigenvalue weighted by atomic mass is 16.7. The summed E-state index contributed by atoms with van der Waals surface area (Å²) in [5, 5.41) is 9.04. The van der Waals surface area contributed by atoms with Crippen LogP contribution >= 0.6 is 0 Å². The van der Waals surface area contributed by atoms with Crippen LogP contribution in [0.3, 0.4) is 0 Å². The number of benzene rings is 1. The Morgan fingerprint density at radius 2 is 2.05 bits per heavy atom. The summed E-state index contributed by atoms with van der Waals surface area (Å²) < 4.78 is 12.1. The molecule has 1 heterocycles. The third kappa shape index (κ3) is 4.72. The Morgan fingerprint density at radius 1 is 1.27 bits per heavy atom. The molecule has 0 aliphatic carbocycles. The van der Waals surface area contributed by atoms with Gasteiger partial charge < -0.3 is 14.6 Å². The lowest BCUT2D eigenvalue weighted by atomic mass is 9.78. The summed E-state index contributed by atoms with van der Waals surface area (Å²) in [6.07, 6.45) is 4.98. The predicted molar refractivity (Wildman–Crippen MR) is 88.8 cm³/mol. The summed E-state index contributed by atoms with van der Waals surface area (Å²) in [5.41, 5.74) is 1.41. The third-order valence-electron chi connectivity index (χ3n) is 4.76. The number of rotatable bonds is 8. The Hall–Kier alpha value is -1.06. The predicted octanol–water partition coefficient (Wildman–Crippen LogP) is 4.53. The Balaban J connectivity index is 2.04. The Bertz CT molecular complexity index is 456. The normalized spacial score (nSPS) is 19.4. The van der Waals surface area contributed by atoms with Crippen molar-refractivity contribution in [2.75, 3.05) is 6.61 Å². The molecule has 124 valence electrons. The first-order chi connectivity index (χ1) is 10.6. The van der Waals surface area contributed by atoms with Gasteiger partial charge in [-0.05, 0) is 30.7 Å². The van der Waals surface area contributed by atoms with Crippen molar-refractivity contribution in [2.45, 2.75) is 65.8 Å². The van der Waals surface area contributed by atoms with Gasteiger partial charge in [0.05, 0.1) is 6.61 Å². The Labute approximate surface area is 134 Å². The molecule has 0 unspecified atom stereocenters. The molecule has 0 fully saturated rings. The van der Waals surface area contributed by atoms with E-state index in [9.17, 15) is 0 Å². The van der Waals surface area contributed by atoms with E-state index in [0.29, 0.717) is 12.5 Å². The van der Waals surface area contributed by atoms with Crippen molar-refractivity contribution in [1.82, 2.24) is 0 Å². The average Bonchev–Trinajstić information content (AvgIpc) is 2.53. The Kier molecular flexibility index (Phi) is 6.27. The first-order valence-electron chi connectivity index (χ1n) is 8.53. The summed E-state index contributed by atoms with van der Waals surface area (Å²) in [7, 11) is 0. The highest BCUT2D eigenvalue weighted by Gasteiger charge is 2.32. The molecule has 1 N–H and O–H groups in total. The van der Waals surface area contributed by atoms with Crippen molar-refractivity contribution < 1.29 is 14.6 Å². The molecule has 0 aromatic heterocycles. The van der Waals surface area contributed by atoms with Crippen LogP contribution in [0.15, 0.2) is 24.3 Å². The molecule has 0 bridgehead atoms. The molecule has 3 heteroatoms. The van der Waals surface area contributed by atoms with Gasteiger partial charge in [0.25, 0.3) is 0 Å². The summed E-state index contributed by atoms with van der Waals surface area (Å²) in [5.74, 6) is 1.33. The van der Waals surface area contributed by atoms with Crippen LogP contribution < -0.4 is 4.74 Å². The number of ether oxygens (including phenoxy) is 2. The number of hydrogen-bond acceptors (Lipinski definition) is 3. The van der Waals surface area contributed by atoms with Crippen LogP contribution in [0.4, 0.5) is 0 Å². The molecule has 1 aromatic carbocycles. The average molecular weight is 306 g/mol. The second kappa shape index (κ2) is 7.98. The first kappa shape index (κ1) is 17.3. The lowest BCUT2D eigenvalue weighted by molar-refractivity contribution is -0.149. The van der Waals surface area contributed by atoms with E-state index in [1.807, 2.05) is 18.2 Å². The van der Waals surface area contributed by atoms with Gasteiger partial charge in [-0.25, -0.2) is 0 Å². The van der Waals surface area contributed by atoms with Crippen LogP contribution in [0, 0.1) is 11.3 Å². The van der Waals surface area contributed by atoms with Gasteiger partial charge in [0.2, 0.25) is 6.29 Å². The van der Waals surface area contributed by atoms with Gasteiger partial charge in [-0.3, -0.25) is 0 Å². The van der Waals surface area contributed by atoms with E-state index >= 15 is 0 Å². The summed E-state index contributed by atoms with van der Waals surface area (Å²) in [4.78, 5) is 0. The number of fused-ring (bicyclic) bond motifs is 1. The van der Waals surface area contributed by atoms with E-state index in [0.717, 1.165) is 43.4 Å². The van der Waals surface area contributed by atoms with Crippen molar-refractivity contribution in [3.63, 3.8) is 0 Å². The molecule has 0 spiro atoms. The zero-order chi connectivity index (χ0) is 16.0. The van der Waals surface area contributed by atoms with Crippen molar-refractivity contribution in [1.29, 1.82) is 0 Å². The zero-order valence-corrected chi connectivity index (χ0v) is 14.2. The highest BCUT2D eigenvalue weighted by Crippen LogP contribution is 2.37. The maximum Gasteiger partial charge on any atom is 0.203 e. The van der Waals surface area contributed by atoms with Gasteiger partial charge in [-0.2, -0.15) is 0 Å². The minimum atomic E-state index is -0.167. The smallest absolute Gasteiger partial charge is 0.203 e. The second-order valence-corrected chi connectivity index (χ2v) is 7.11. The Morgan fingerprint density at radius 3 is 2.77 bits per heavy atom. The molecule has 2 rings (SSSR count). The third-order valence-corrected chi connectivity index (χ3v) is 4.76. The van der Waals surface area contributed by atoms with Crippen LogP contribution in [0.1, 0.15) is 58.4 Å². The van der Waals surface area contributed by atoms with Gasteiger partial charge in [-0.1, -0.05) is 51.8 Å². The van der Waals surface area contributed by atoms with Crippen LogP contribution in [0.2, 0.25) is 0 Å². The van der Waals surface area contributed by atoms with Crippen molar-refractivity contribution in [3.8, 4) is 5.75 Å². The SMILES string of the molecule is CCC(C)(C)C[C@@H](CCCCO)[C@@H]1OCc2ccccc2O1. The molecule has 22 heavy (non-hydrogen) atoms. The summed E-state index contributed by atoms with van der Waals surface area (Å²) >= 11 is 0. The lowest BCUT2D eigenvalue weighted by Gasteiger charge is -2.36. The maximum absolute atomic E-state index is 9.04. The fourth-order valence-electron chi connectivity index (χ4n) is 3.01. The minimum Gasteiger partial charge on any atom is -0.464 e.